The van der Waals surface area contributed by atoms with E-state index in [4.69, 9.17) is 5.11 Å². The number of nitrogens with one attached hydrogen (secondary N) is 1. The first kappa shape index (κ1) is 9.65. The molecule has 2 rings (SSSR count). The average Bonchev–Trinajstić information content (AvgIpc) is 2.67. The van der Waals surface area contributed by atoms with E-state index in [-0.39, 0.29) is 6.61 Å². The number of aromatic nitrogens is 3. The zero-order valence-electron chi connectivity index (χ0n) is 8.53. The molecular formula is C10H17N3O. The molecule has 78 valence electrons. The van der Waals surface area contributed by atoms with Gasteiger partial charge in [0.05, 0.1) is 0 Å². The van der Waals surface area contributed by atoms with Crippen molar-refractivity contribution in [3.63, 3.8) is 0 Å². The number of nitrogens with zero attached hydrogens (tertiary/aromatic N) is 2. The predicted molar refractivity (Wildman–Crippen MR) is 52.7 cm³/mol. The van der Waals surface area contributed by atoms with Gasteiger partial charge in [-0.15, -0.1) is 0 Å². The maximum absolute atomic E-state index is 8.86. The summed E-state index contributed by atoms with van der Waals surface area (Å²) in [4.78, 5) is 4.26. The van der Waals surface area contributed by atoms with E-state index in [1.54, 1.807) is 0 Å². The number of hydrogen-bond donors (Lipinski definition) is 2. The number of aliphatic hydroxyl groups excluding tert-OH is 1. The maximum atomic E-state index is 8.86. The zero-order valence-corrected chi connectivity index (χ0v) is 8.53. The first-order valence-electron chi connectivity index (χ1n) is 5.31. The minimum Gasteiger partial charge on any atom is -0.388 e. The number of aromatic amines is 1. The first-order chi connectivity index (χ1) is 6.79. The highest BCUT2D eigenvalue weighted by Crippen LogP contribution is 2.33. The van der Waals surface area contributed by atoms with Crippen LogP contribution in [-0.4, -0.2) is 20.3 Å². The Morgan fingerprint density at radius 2 is 2.07 bits per heavy atom. The van der Waals surface area contributed by atoms with Crippen LogP contribution in [0.4, 0.5) is 0 Å². The summed E-state index contributed by atoms with van der Waals surface area (Å²) < 4.78 is 0. The predicted octanol–water partition coefficient (Wildman–Crippen LogP) is 1.59. The van der Waals surface area contributed by atoms with Crippen LogP contribution < -0.4 is 0 Å². The quantitative estimate of drug-likeness (QED) is 0.753. The second-order valence-electron chi connectivity index (χ2n) is 4.26. The summed E-state index contributed by atoms with van der Waals surface area (Å²) in [7, 11) is 0. The van der Waals surface area contributed by atoms with Crippen LogP contribution in [0.2, 0.25) is 0 Å². The third kappa shape index (κ3) is 1.95. The second-order valence-corrected chi connectivity index (χ2v) is 4.26. The van der Waals surface area contributed by atoms with Gasteiger partial charge in [0.2, 0.25) is 0 Å². The Bertz CT molecular complexity index is 289. The van der Waals surface area contributed by atoms with E-state index in [0.29, 0.717) is 11.7 Å². The molecule has 1 aromatic rings. The molecule has 0 unspecified atom stereocenters. The van der Waals surface area contributed by atoms with Crippen molar-refractivity contribution in [3.8, 4) is 0 Å². The molecule has 0 atom stereocenters. The molecule has 1 heterocycles. The molecular weight excluding hydrogens is 178 g/mol. The summed E-state index contributed by atoms with van der Waals surface area (Å²) >= 11 is 0. The molecule has 4 heteroatoms. The van der Waals surface area contributed by atoms with Gasteiger partial charge in [-0.25, -0.2) is 4.98 Å². The SMILES string of the molecule is CC1CCC(c2n[nH]c(CO)n2)CC1. The number of H-pyrrole nitrogens is 1. The van der Waals surface area contributed by atoms with Gasteiger partial charge in [-0.05, 0) is 18.8 Å². The lowest BCUT2D eigenvalue weighted by Gasteiger charge is -2.23. The zero-order chi connectivity index (χ0) is 9.97. The molecule has 1 saturated carbocycles. The molecule has 1 aromatic heterocycles. The van der Waals surface area contributed by atoms with Crippen molar-refractivity contribution in [1.29, 1.82) is 0 Å². The molecule has 0 amide bonds. The van der Waals surface area contributed by atoms with Gasteiger partial charge in [0.15, 0.2) is 5.82 Å². The van der Waals surface area contributed by atoms with Gasteiger partial charge in [-0.2, -0.15) is 5.10 Å². The normalized spacial score (nSPS) is 27.9. The van der Waals surface area contributed by atoms with E-state index < -0.39 is 0 Å². The van der Waals surface area contributed by atoms with Crippen LogP contribution in [0.25, 0.3) is 0 Å². The Labute approximate surface area is 83.8 Å². The molecule has 1 aliphatic carbocycles. The largest absolute Gasteiger partial charge is 0.388 e. The molecule has 0 aromatic carbocycles. The summed E-state index contributed by atoms with van der Waals surface area (Å²) in [6.07, 6.45) is 4.91. The lowest BCUT2D eigenvalue weighted by molar-refractivity contribution is 0.271. The van der Waals surface area contributed by atoms with Crippen LogP contribution >= 0.6 is 0 Å². The molecule has 14 heavy (non-hydrogen) atoms. The molecule has 0 spiro atoms. The van der Waals surface area contributed by atoms with Gasteiger partial charge in [-0.1, -0.05) is 19.8 Å². The first-order valence-corrected chi connectivity index (χ1v) is 5.31. The monoisotopic (exact) mass is 195 g/mol. The highest BCUT2D eigenvalue weighted by molar-refractivity contribution is 4.98. The Morgan fingerprint density at radius 1 is 1.36 bits per heavy atom. The van der Waals surface area contributed by atoms with Crippen molar-refractivity contribution in [1.82, 2.24) is 15.2 Å². The van der Waals surface area contributed by atoms with Gasteiger partial charge in [0.25, 0.3) is 0 Å². The third-order valence-corrected chi connectivity index (χ3v) is 3.08. The second kappa shape index (κ2) is 4.09. The third-order valence-electron chi connectivity index (χ3n) is 3.08. The van der Waals surface area contributed by atoms with Gasteiger partial charge in [0.1, 0.15) is 12.4 Å². The Hall–Kier alpha value is -0.900. The Morgan fingerprint density at radius 3 is 2.64 bits per heavy atom. The molecule has 1 aliphatic rings. The fraction of sp³-hybridized carbons (Fsp3) is 0.800. The van der Waals surface area contributed by atoms with Crippen LogP contribution in [0.15, 0.2) is 0 Å². The lowest BCUT2D eigenvalue weighted by atomic mass is 9.83. The van der Waals surface area contributed by atoms with Crippen LogP contribution in [0.1, 0.15) is 50.2 Å². The lowest BCUT2D eigenvalue weighted by Crippen LogP contribution is -2.12. The molecule has 4 nitrogen and oxygen atoms in total. The smallest absolute Gasteiger partial charge is 0.153 e. The fourth-order valence-electron chi connectivity index (χ4n) is 2.08. The average molecular weight is 195 g/mol. The van der Waals surface area contributed by atoms with Crippen molar-refractivity contribution >= 4 is 0 Å². The molecule has 2 N–H and O–H groups in total. The summed E-state index contributed by atoms with van der Waals surface area (Å²) in [6, 6.07) is 0. The van der Waals surface area contributed by atoms with Crippen molar-refractivity contribution in [3.05, 3.63) is 11.6 Å². The van der Waals surface area contributed by atoms with Gasteiger partial charge < -0.3 is 5.11 Å². The maximum Gasteiger partial charge on any atom is 0.153 e. The van der Waals surface area contributed by atoms with Crippen molar-refractivity contribution in [2.75, 3.05) is 0 Å². The topological polar surface area (TPSA) is 61.8 Å². The number of rotatable bonds is 2. The fourth-order valence-corrected chi connectivity index (χ4v) is 2.08. The van der Waals surface area contributed by atoms with Gasteiger partial charge >= 0.3 is 0 Å². The van der Waals surface area contributed by atoms with E-state index in [2.05, 4.69) is 22.1 Å². The van der Waals surface area contributed by atoms with Crippen molar-refractivity contribution < 1.29 is 5.11 Å². The van der Waals surface area contributed by atoms with E-state index in [1.807, 2.05) is 0 Å². The minimum atomic E-state index is -0.0455. The van der Waals surface area contributed by atoms with E-state index in [1.165, 1.54) is 25.7 Å². The van der Waals surface area contributed by atoms with Crippen LogP contribution in [0.3, 0.4) is 0 Å². The highest BCUT2D eigenvalue weighted by Gasteiger charge is 2.22. The molecule has 0 radical (unpaired) electrons. The van der Waals surface area contributed by atoms with Gasteiger partial charge in [0, 0.05) is 5.92 Å². The number of aliphatic hydroxyl groups is 1. The Balaban J connectivity index is 2.01. The standard InChI is InChI=1S/C10H17N3O/c1-7-2-4-8(5-3-7)10-11-9(6-14)12-13-10/h7-8,14H,2-6H2,1H3,(H,11,12,13). The summed E-state index contributed by atoms with van der Waals surface area (Å²) in [5.74, 6) is 2.82. The Kier molecular flexibility index (Phi) is 2.82. The molecule has 1 fully saturated rings. The van der Waals surface area contributed by atoms with Crippen LogP contribution in [0.5, 0.6) is 0 Å². The molecule has 0 saturated heterocycles. The minimum absolute atomic E-state index is 0.0455. The van der Waals surface area contributed by atoms with Gasteiger partial charge in [-0.3, -0.25) is 5.10 Å². The van der Waals surface area contributed by atoms with E-state index >= 15 is 0 Å². The highest BCUT2D eigenvalue weighted by atomic mass is 16.3. The van der Waals surface area contributed by atoms with E-state index in [9.17, 15) is 0 Å². The van der Waals surface area contributed by atoms with Crippen molar-refractivity contribution in [2.45, 2.75) is 45.1 Å². The summed E-state index contributed by atoms with van der Waals surface area (Å²) in [5.41, 5.74) is 0. The molecule has 0 aliphatic heterocycles. The van der Waals surface area contributed by atoms with Crippen LogP contribution in [0, 0.1) is 5.92 Å². The summed E-state index contributed by atoms with van der Waals surface area (Å²) in [5, 5.41) is 15.8. The van der Waals surface area contributed by atoms with E-state index in [0.717, 1.165) is 11.7 Å². The molecule has 0 bridgehead atoms. The van der Waals surface area contributed by atoms with Crippen LogP contribution in [-0.2, 0) is 6.61 Å². The number of hydrogen-bond acceptors (Lipinski definition) is 3. The van der Waals surface area contributed by atoms with Crippen molar-refractivity contribution in [2.24, 2.45) is 5.92 Å². The summed E-state index contributed by atoms with van der Waals surface area (Å²) in [6.45, 7) is 2.25.